The Hall–Kier alpha value is -2.54. The van der Waals surface area contributed by atoms with Crippen LogP contribution in [0.2, 0.25) is 0 Å². The van der Waals surface area contributed by atoms with Gasteiger partial charge in [-0.2, -0.15) is 0 Å². The van der Waals surface area contributed by atoms with Crippen molar-refractivity contribution < 1.29 is 5.11 Å². The first-order valence-electron chi connectivity index (χ1n) is 7.35. The van der Waals surface area contributed by atoms with Gasteiger partial charge in [0.2, 0.25) is 0 Å². The van der Waals surface area contributed by atoms with Crippen LogP contribution >= 0.6 is 0 Å². The number of rotatable bonds is 0. The van der Waals surface area contributed by atoms with Gasteiger partial charge in [0, 0.05) is 11.8 Å². The second-order valence-electron chi connectivity index (χ2n) is 5.94. The van der Waals surface area contributed by atoms with Crippen LogP contribution in [0.3, 0.4) is 0 Å². The molecule has 0 saturated carbocycles. The summed E-state index contributed by atoms with van der Waals surface area (Å²) in [7, 11) is 0. The predicted octanol–water partition coefficient (Wildman–Crippen LogP) is 4.38. The molecule has 0 radical (unpaired) electrons. The molecule has 0 amide bonds. The van der Waals surface area contributed by atoms with Crippen LogP contribution in [0.4, 0.5) is 0 Å². The molecule has 100 valence electrons. The molecule has 0 saturated heterocycles. The van der Waals surface area contributed by atoms with Crippen molar-refractivity contribution in [3.8, 4) is 5.75 Å². The second-order valence-corrected chi connectivity index (χ2v) is 5.94. The lowest BCUT2D eigenvalue weighted by atomic mass is 9.61. The van der Waals surface area contributed by atoms with E-state index >= 15 is 0 Å². The van der Waals surface area contributed by atoms with E-state index in [2.05, 4.69) is 54.6 Å². The molecule has 0 heterocycles. The SMILES string of the molecule is Oc1ccc2c(c1)C1c3ccccc3C2c2ccccc21. The molecule has 0 spiro atoms. The van der Waals surface area contributed by atoms with Crippen LogP contribution in [-0.4, -0.2) is 5.11 Å². The summed E-state index contributed by atoms with van der Waals surface area (Å²) in [6.07, 6.45) is 0. The molecule has 0 aromatic heterocycles. The first kappa shape index (κ1) is 11.2. The van der Waals surface area contributed by atoms with Gasteiger partial charge in [0.1, 0.15) is 5.75 Å². The molecule has 3 aromatic carbocycles. The van der Waals surface area contributed by atoms with Crippen LogP contribution in [0.5, 0.6) is 5.75 Å². The van der Waals surface area contributed by atoms with Crippen molar-refractivity contribution in [3.63, 3.8) is 0 Å². The van der Waals surface area contributed by atoms with Crippen molar-refractivity contribution in [2.24, 2.45) is 0 Å². The molecule has 1 nitrogen and oxygen atoms in total. The fourth-order valence-corrected chi connectivity index (χ4v) is 4.15. The van der Waals surface area contributed by atoms with Crippen molar-refractivity contribution in [1.29, 1.82) is 0 Å². The van der Waals surface area contributed by atoms with Gasteiger partial charge in [-0.1, -0.05) is 54.6 Å². The Kier molecular flexibility index (Phi) is 2.00. The fraction of sp³-hybridized carbons (Fsp3) is 0.100. The zero-order chi connectivity index (χ0) is 14.0. The predicted molar refractivity (Wildman–Crippen MR) is 82.9 cm³/mol. The number of benzene rings is 3. The molecule has 3 aromatic rings. The molecule has 21 heavy (non-hydrogen) atoms. The monoisotopic (exact) mass is 270 g/mol. The molecule has 2 bridgehead atoms. The van der Waals surface area contributed by atoms with E-state index in [9.17, 15) is 5.11 Å². The van der Waals surface area contributed by atoms with Crippen molar-refractivity contribution in [1.82, 2.24) is 0 Å². The summed E-state index contributed by atoms with van der Waals surface area (Å²) >= 11 is 0. The summed E-state index contributed by atoms with van der Waals surface area (Å²) in [6, 6.07) is 23.3. The van der Waals surface area contributed by atoms with E-state index in [0.29, 0.717) is 11.7 Å². The number of phenols is 1. The van der Waals surface area contributed by atoms with E-state index < -0.39 is 0 Å². The van der Waals surface area contributed by atoms with Crippen LogP contribution < -0.4 is 0 Å². The minimum Gasteiger partial charge on any atom is -0.508 e. The van der Waals surface area contributed by atoms with Crippen LogP contribution in [0.25, 0.3) is 0 Å². The molecule has 6 rings (SSSR count). The van der Waals surface area contributed by atoms with Crippen LogP contribution in [0, 0.1) is 0 Å². The number of hydrogen-bond donors (Lipinski definition) is 1. The van der Waals surface area contributed by atoms with Gasteiger partial charge in [-0.25, -0.2) is 0 Å². The summed E-state index contributed by atoms with van der Waals surface area (Å²) in [6.45, 7) is 0. The van der Waals surface area contributed by atoms with Gasteiger partial charge in [0.05, 0.1) is 0 Å². The van der Waals surface area contributed by atoms with Crippen LogP contribution in [0.1, 0.15) is 45.2 Å². The summed E-state index contributed by atoms with van der Waals surface area (Å²) in [5.74, 6) is 0.916. The third-order valence-corrected chi connectivity index (χ3v) is 4.93. The van der Waals surface area contributed by atoms with Gasteiger partial charge in [0.25, 0.3) is 0 Å². The average molecular weight is 270 g/mol. The second kappa shape index (κ2) is 3.76. The Balaban J connectivity index is 1.92. The van der Waals surface area contributed by atoms with Crippen LogP contribution in [-0.2, 0) is 0 Å². The standard InChI is InChI=1S/C20H14O/c21-12-9-10-17-18(11-12)20-15-7-3-1-5-13(15)19(17)14-6-2-4-8-16(14)20/h1-11,19-21H. The highest BCUT2D eigenvalue weighted by molar-refractivity contribution is 5.68. The smallest absolute Gasteiger partial charge is 0.115 e. The maximum Gasteiger partial charge on any atom is 0.115 e. The molecule has 1 heteroatoms. The maximum absolute atomic E-state index is 9.91. The maximum atomic E-state index is 9.91. The Morgan fingerprint density at radius 1 is 0.524 bits per heavy atom. The highest BCUT2D eigenvalue weighted by atomic mass is 16.3. The van der Waals surface area contributed by atoms with E-state index in [1.165, 1.54) is 33.4 Å². The first-order chi connectivity index (χ1) is 10.3. The number of hydrogen-bond acceptors (Lipinski definition) is 1. The van der Waals surface area contributed by atoms with Gasteiger partial charge in [0.15, 0.2) is 0 Å². The topological polar surface area (TPSA) is 20.2 Å². The molecular weight excluding hydrogens is 256 g/mol. The molecular formula is C20H14O. The van der Waals surface area contributed by atoms with Gasteiger partial charge in [-0.15, -0.1) is 0 Å². The highest BCUT2D eigenvalue weighted by Crippen LogP contribution is 2.55. The number of phenolic OH excluding ortho intramolecular Hbond substituents is 1. The normalized spacial score (nSPS) is 20.6. The quantitative estimate of drug-likeness (QED) is 0.443. The number of aromatic hydroxyl groups is 1. The van der Waals surface area contributed by atoms with E-state index in [4.69, 9.17) is 0 Å². The third kappa shape index (κ3) is 1.31. The average Bonchev–Trinajstić information content (AvgIpc) is 2.54. The molecule has 1 N–H and O–H groups in total. The van der Waals surface area contributed by atoms with E-state index in [0.717, 1.165) is 0 Å². The lowest BCUT2D eigenvalue weighted by Gasteiger charge is -2.42. The molecule has 0 atom stereocenters. The van der Waals surface area contributed by atoms with Gasteiger partial charge in [-0.3, -0.25) is 0 Å². The Bertz CT molecular complexity index is 831. The molecule has 3 aliphatic rings. The minimum atomic E-state index is 0.254. The molecule has 0 unspecified atom stereocenters. The zero-order valence-electron chi connectivity index (χ0n) is 11.5. The van der Waals surface area contributed by atoms with Gasteiger partial charge >= 0.3 is 0 Å². The Labute approximate surface area is 123 Å². The van der Waals surface area contributed by atoms with Crippen molar-refractivity contribution in [3.05, 3.63) is 100 Å². The molecule has 0 fully saturated rings. The first-order valence-corrected chi connectivity index (χ1v) is 7.35. The Morgan fingerprint density at radius 3 is 1.48 bits per heavy atom. The van der Waals surface area contributed by atoms with Gasteiger partial charge in [-0.05, 0) is 45.5 Å². The van der Waals surface area contributed by atoms with Gasteiger partial charge < -0.3 is 5.11 Å². The van der Waals surface area contributed by atoms with Crippen molar-refractivity contribution >= 4 is 0 Å². The van der Waals surface area contributed by atoms with E-state index in [1.807, 2.05) is 12.1 Å². The largest absolute Gasteiger partial charge is 0.508 e. The summed E-state index contributed by atoms with van der Waals surface area (Å²) in [5.41, 5.74) is 8.21. The van der Waals surface area contributed by atoms with Crippen LogP contribution in [0.15, 0.2) is 66.7 Å². The zero-order valence-corrected chi connectivity index (χ0v) is 11.5. The molecule has 3 aliphatic carbocycles. The summed E-state index contributed by atoms with van der Waals surface area (Å²) < 4.78 is 0. The highest BCUT2D eigenvalue weighted by Gasteiger charge is 2.40. The minimum absolute atomic E-state index is 0.254. The Morgan fingerprint density at radius 2 is 0.952 bits per heavy atom. The fourth-order valence-electron chi connectivity index (χ4n) is 4.15. The summed E-state index contributed by atoms with van der Waals surface area (Å²) in [5, 5.41) is 9.91. The van der Waals surface area contributed by atoms with E-state index in [-0.39, 0.29) is 5.92 Å². The summed E-state index contributed by atoms with van der Waals surface area (Å²) in [4.78, 5) is 0. The lowest BCUT2D eigenvalue weighted by molar-refractivity contribution is 0.473. The van der Waals surface area contributed by atoms with E-state index in [1.54, 1.807) is 0 Å². The molecule has 0 aliphatic heterocycles. The van der Waals surface area contributed by atoms with Crippen molar-refractivity contribution in [2.75, 3.05) is 0 Å². The lowest BCUT2D eigenvalue weighted by Crippen LogP contribution is -2.27. The third-order valence-electron chi connectivity index (χ3n) is 4.93. The van der Waals surface area contributed by atoms with Crippen molar-refractivity contribution in [2.45, 2.75) is 11.8 Å².